The molecular formula is C24H30Cl2FN3O4S. The van der Waals surface area contributed by atoms with Crippen LogP contribution in [0.1, 0.15) is 39.7 Å². The molecule has 192 valence electrons. The molecule has 1 atom stereocenters. The van der Waals surface area contributed by atoms with E-state index in [0.29, 0.717) is 15.6 Å². The first-order valence-corrected chi connectivity index (χ1v) is 13.5. The maximum atomic E-state index is 13.8. The van der Waals surface area contributed by atoms with Gasteiger partial charge in [0.05, 0.1) is 11.9 Å². The summed E-state index contributed by atoms with van der Waals surface area (Å²) in [4.78, 5) is 28.0. The van der Waals surface area contributed by atoms with Gasteiger partial charge in [0.1, 0.15) is 18.4 Å². The standard InChI is InChI=1S/C24H30Cl2FN3O4S/c1-6-21(23(32)28-24(2,3)4)29(14-16-10-11-17(25)12-20(16)26)22(31)15-30(35(5,33)34)19-9-7-8-18(27)13-19/h7-13,21H,6,14-15H2,1-5H3,(H,28,32). The van der Waals surface area contributed by atoms with E-state index < -0.39 is 45.8 Å². The lowest BCUT2D eigenvalue weighted by molar-refractivity contribution is -0.141. The number of sulfonamides is 1. The van der Waals surface area contributed by atoms with Crippen LogP contribution in [-0.2, 0) is 26.2 Å². The Labute approximate surface area is 216 Å². The zero-order chi connectivity index (χ0) is 26.6. The Morgan fingerprint density at radius 1 is 1.11 bits per heavy atom. The average Bonchev–Trinajstić information content (AvgIpc) is 2.71. The number of anilines is 1. The summed E-state index contributed by atoms with van der Waals surface area (Å²) in [6.45, 7) is 6.50. The lowest BCUT2D eigenvalue weighted by atomic mass is 10.1. The first-order chi connectivity index (χ1) is 16.1. The quantitative estimate of drug-likeness (QED) is 0.498. The van der Waals surface area contributed by atoms with Crippen molar-refractivity contribution in [3.8, 4) is 0 Å². The number of nitrogens with zero attached hydrogens (tertiary/aromatic N) is 2. The van der Waals surface area contributed by atoms with Crippen molar-refractivity contribution in [1.29, 1.82) is 0 Å². The molecule has 1 N–H and O–H groups in total. The van der Waals surface area contributed by atoms with E-state index in [0.717, 1.165) is 16.6 Å². The van der Waals surface area contributed by atoms with Gasteiger partial charge in [-0.1, -0.05) is 42.3 Å². The van der Waals surface area contributed by atoms with Crippen LogP contribution < -0.4 is 9.62 Å². The fraction of sp³-hybridized carbons (Fsp3) is 0.417. The lowest BCUT2D eigenvalue weighted by Crippen LogP contribution is -2.55. The molecule has 0 aromatic heterocycles. The van der Waals surface area contributed by atoms with E-state index in [1.807, 2.05) is 20.8 Å². The third kappa shape index (κ3) is 8.37. The Balaban J connectivity index is 2.50. The Morgan fingerprint density at radius 3 is 2.29 bits per heavy atom. The van der Waals surface area contributed by atoms with E-state index in [9.17, 15) is 22.4 Å². The molecule has 0 heterocycles. The largest absolute Gasteiger partial charge is 0.350 e. The Kier molecular flexibility index (Phi) is 9.56. The highest BCUT2D eigenvalue weighted by molar-refractivity contribution is 7.92. The Bertz CT molecular complexity index is 1190. The Morgan fingerprint density at radius 2 is 1.77 bits per heavy atom. The van der Waals surface area contributed by atoms with Crippen molar-refractivity contribution >= 4 is 50.7 Å². The van der Waals surface area contributed by atoms with Gasteiger partial charge in [-0.25, -0.2) is 12.8 Å². The van der Waals surface area contributed by atoms with Crippen LogP contribution in [0.2, 0.25) is 10.0 Å². The number of hydrogen-bond acceptors (Lipinski definition) is 4. The molecule has 0 radical (unpaired) electrons. The second-order valence-electron chi connectivity index (χ2n) is 9.17. The van der Waals surface area contributed by atoms with E-state index in [4.69, 9.17) is 23.2 Å². The average molecular weight is 546 g/mol. The van der Waals surface area contributed by atoms with E-state index in [2.05, 4.69) is 5.32 Å². The molecule has 0 saturated heterocycles. The van der Waals surface area contributed by atoms with Gasteiger partial charge in [-0.05, 0) is 63.1 Å². The monoisotopic (exact) mass is 545 g/mol. The maximum absolute atomic E-state index is 13.8. The zero-order valence-corrected chi connectivity index (χ0v) is 22.6. The van der Waals surface area contributed by atoms with Crippen LogP contribution in [0.5, 0.6) is 0 Å². The van der Waals surface area contributed by atoms with Gasteiger partial charge in [0.25, 0.3) is 0 Å². The second kappa shape index (κ2) is 11.6. The van der Waals surface area contributed by atoms with Crippen LogP contribution in [-0.4, -0.2) is 49.5 Å². The summed E-state index contributed by atoms with van der Waals surface area (Å²) >= 11 is 12.3. The summed E-state index contributed by atoms with van der Waals surface area (Å²) < 4.78 is 39.7. The van der Waals surface area contributed by atoms with E-state index in [-0.39, 0.29) is 18.7 Å². The van der Waals surface area contributed by atoms with Gasteiger partial charge in [-0.2, -0.15) is 0 Å². The second-order valence-corrected chi connectivity index (χ2v) is 11.9. The summed E-state index contributed by atoms with van der Waals surface area (Å²) in [5, 5.41) is 3.57. The number of amides is 2. The summed E-state index contributed by atoms with van der Waals surface area (Å²) in [5.74, 6) is -1.69. The minimum absolute atomic E-state index is 0.00230. The predicted octanol–water partition coefficient (Wildman–Crippen LogP) is 4.62. The third-order valence-electron chi connectivity index (χ3n) is 5.02. The molecule has 0 spiro atoms. The first-order valence-electron chi connectivity index (χ1n) is 10.9. The molecule has 0 saturated carbocycles. The minimum Gasteiger partial charge on any atom is -0.350 e. The highest BCUT2D eigenvalue weighted by Crippen LogP contribution is 2.25. The lowest BCUT2D eigenvalue weighted by Gasteiger charge is -2.34. The highest BCUT2D eigenvalue weighted by Gasteiger charge is 2.33. The number of hydrogen-bond donors (Lipinski definition) is 1. The zero-order valence-electron chi connectivity index (χ0n) is 20.3. The SMILES string of the molecule is CCC(C(=O)NC(C)(C)C)N(Cc1ccc(Cl)cc1Cl)C(=O)CN(c1cccc(F)c1)S(C)(=O)=O. The van der Waals surface area contributed by atoms with Crippen molar-refractivity contribution in [2.75, 3.05) is 17.1 Å². The number of carbonyl (C=O) groups excluding carboxylic acids is 2. The van der Waals surface area contributed by atoms with Crippen molar-refractivity contribution in [1.82, 2.24) is 10.2 Å². The molecular weight excluding hydrogens is 516 g/mol. The number of benzene rings is 2. The predicted molar refractivity (Wildman–Crippen MR) is 138 cm³/mol. The number of carbonyl (C=O) groups is 2. The topological polar surface area (TPSA) is 86.8 Å². The molecule has 7 nitrogen and oxygen atoms in total. The molecule has 0 aliphatic heterocycles. The van der Waals surface area contributed by atoms with Crippen molar-refractivity contribution in [3.05, 3.63) is 63.9 Å². The van der Waals surface area contributed by atoms with Crippen LogP contribution in [0.15, 0.2) is 42.5 Å². The van der Waals surface area contributed by atoms with Gasteiger partial charge in [-0.3, -0.25) is 13.9 Å². The van der Waals surface area contributed by atoms with Gasteiger partial charge in [-0.15, -0.1) is 0 Å². The molecule has 0 bridgehead atoms. The molecule has 0 fully saturated rings. The van der Waals surface area contributed by atoms with Gasteiger partial charge < -0.3 is 10.2 Å². The fourth-order valence-electron chi connectivity index (χ4n) is 3.45. The molecule has 35 heavy (non-hydrogen) atoms. The molecule has 11 heteroatoms. The maximum Gasteiger partial charge on any atom is 0.244 e. The van der Waals surface area contributed by atoms with Crippen molar-refractivity contribution in [2.24, 2.45) is 0 Å². The summed E-state index contributed by atoms with van der Waals surface area (Å²) in [7, 11) is -3.96. The molecule has 0 aliphatic rings. The van der Waals surface area contributed by atoms with E-state index >= 15 is 0 Å². The van der Waals surface area contributed by atoms with Crippen LogP contribution in [0, 0.1) is 5.82 Å². The highest BCUT2D eigenvalue weighted by atomic mass is 35.5. The van der Waals surface area contributed by atoms with Crippen LogP contribution in [0.4, 0.5) is 10.1 Å². The molecule has 2 aromatic carbocycles. The number of nitrogens with one attached hydrogen (secondary N) is 1. The number of halogens is 3. The van der Waals surface area contributed by atoms with Crippen LogP contribution >= 0.6 is 23.2 Å². The molecule has 1 unspecified atom stereocenters. The van der Waals surface area contributed by atoms with Crippen molar-refractivity contribution in [3.63, 3.8) is 0 Å². The first kappa shape index (κ1) is 28.9. The Hall–Kier alpha value is -2.36. The smallest absolute Gasteiger partial charge is 0.244 e. The van der Waals surface area contributed by atoms with E-state index in [1.165, 1.54) is 29.2 Å². The van der Waals surface area contributed by atoms with Gasteiger partial charge in [0.15, 0.2) is 0 Å². The van der Waals surface area contributed by atoms with Crippen molar-refractivity contribution < 1.29 is 22.4 Å². The molecule has 2 aromatic rings. The van der Waals surface area contributed by atoms with Gasteiger partial charge >= 0.3 is 0 Å². The fourth-order valence-corrected chi connectivity index (χ4v) is 4.76. The molecule has 2 rings (SSSR count). The summed E-state index contributed by atoms with van der Waals surface area (Å²) in [6.07, 6.45) is 1.19. The molecule has 2 amide bonds. The van der Waals surface area contributed by atoms with Crippen molar-refractivity contribution in [2.45, 2.75) is 52.2 Å². The summed E-state index contributed by atoms with van der Waals surface area (Å²) in [6, 6.07) is 8.79. The normalized spacial score (nSPS) is 12.7. The summed E-state index contributed by atoms with van der Waals surface area (Å²) in [5.41, 5.74) is -0.0297. The van der Waals surface area contributed by atoms with Crippen LogP contribution in [0.3, 0.4) is 0 Å². The van der Waals surface area contributed by atoms with Gasteiger partial charge in [0, 0.05) is 22.1 Å². The van der Waals surface area contributed by atoms with Crippen LogP contribution in [0.25, 0.3) is 0 Å². The third-order valence-corrected chi connectivity index (χ3v) is 6.74. The number of rotatable bonds is 9. The van der Waals surface area contributed by atoms with Gasteiger partial charge in [0.2, 0.25) is 21.8 Å². The minimum atomic E-state index is -3.96. The molecule has 0 aliphatic carbocycles. The van der Waals surface area contributed by atoms with E-state index in [1.54, 1.807) is 19.1 Å².